The number of ketones is 2. The van der Waals surface area contributed by atoms with Gasteiger partial charge in [-0.3, -0.25) is 4.79 Å². The Kier molecular flexibility index (Phi) is 11.6. The zero-order valence-corrected chi connectivity index (χ0v) is 11.1. The van der Waals surface area contributed by atoms with E-state index in [9.17, 15) is 9.59 Å². The lowest BCUT2D eigenvalue weighted by atomic mass is 10.2. The second-order valence-corrected chi connectivity index (χ2v) is 3.71. The van der Waals surface area contributed by atoms with Gasteiger partial charge in [0.25, 0.3) is 0 Å². The van der Waals surface area contributed by atoms with Crippen LogP contribution in [-0.4, -0.2) is 44.5 Å². The van der Waals surface area contributed by atoms with Crippen molar-refractivity contribution < 1.29 is 19.1 Å². The summed E-state index contributed by atoms with van der Waals surface area (Å²) < 4.78 is 10.3. The van der Waals surface area contributed by atoms with Gasteiger partial charge in [-0.2, -0.15) is 0 Å². The quantitative estimate of drug-likeness (QED) is 0.177. The monoisotopic (exact) mass is 269 g/mol. The number of azide groups is 1. The number of ether oxygens (including phenoxy) is 2. The third kappa shape index (κ3) is 14.2. The van der Waals surface area contributed by atoms with Gasteiger partial charge >= 0.3 is 0 Å². The van der Waals surface area contributed by atoms with Crippen molar-refractivity contribution in [1.82, 2.24) is 0 Å². The smallest absolute Gasteiger partial charge is 0.155 e. The summed E-state index contributed by atoms with van der Waals surface area (Å²) in [4.78, 5) is 24.5. The highest BCUT2D eigenvalue weighted by atomic mass is 16.5. The molecular formula is C12H19N3O4. The van der Waals surface area contributed by atoms with Crippen LogP contribution in [-0.2, 0) is 19.1 Å². The Balaban J connectivity index is 3.35. The molecule has 0 aromatic rings. The summed E-state index contributed by atoms with van der Waals surface area (Å²) >= 11 is 0. The van der Waals surface area contributed by atoms with E-state index in [1.54, 1.807) is 6.08 Å². The number of carbonyl (C=O) groups is 2. The van der Waals surface area contributed by atoms with E-state index in [2.05, 4.69) is 10.0 Å². The molecule has 0 fully saturated rings. The van der Waals surface area contributed by atoms with E-state index in [1.807, 2.05) is 0 Å². The van der Waals surface area contributed by atoms with E-state index >= 15 is 0 Å². The Hall–Kier alpha value is -1.69. The van der Waals surface area contributed by atoms with Crippen LogP contribution in [0.4, 0.5) is 0 Å². The predicted octanol–water partition coefficient (Wildman–Crippen LogP) is 1.82. The Bertz CT molecular complexity index is 349. The lowest BCUT2D eigenvalue weighted by Gasteiger charge is -2.01. The van der Waals surface area contributed by atoms with Crippen molar-refractivity contribution in [1.29, 1.82) is 0 Å². The van der Waals surface area contributed by atoms with Gasteiger partial charge in [-0.25, -0.2) is 0 Å². The molecule has 0 bridgehead atoms. The fourth-order valence-corrected chi connectivity index (χ4v) is 1.08. The molecule has 106 valence electrons. The fourth-order valence-electron chi connectivity index (χ4n) is 1.08. The van der Waals surface area contributed by atoms with Gasteiger partial charge in [-0.05, 0) is 18.5 Å². The lowest BCUT2D eigenvalue weighted by molar-refractivity contribution is -0.120. The van der Waals surface area contributed by atoms with Crippen molar-refractivity contribution in [2.24, 2.45) is 5.11 Å². The summed E-state index contributed by atoms with van der Waals surface area (Å²) in [6, 6.07) is 0. The van der Waals surface area contributed by atoms with Crippen LogP contribution < -0.4 is 0 Å². The van der Waals surface area contributed by atoms with Crippen LogP contribution in [0, 0.1) is 0 Å². The zero-order valence-electron chi connectivity index (χ0n) is 11.1. The molecule has 0 aliphatic carbocycles. The molecule has 0 saturated carbocycles. The number of hydrogen-bond acceptors (Lipinski definition) is 5. The van der Waals surface area contributed by atoms with E-state index in [4.69, 9.17) is 15.0 Å². The van der Waals surface area contributed by atoms with Crippen molar-refractivity contribution >= 4 is 11.6 Å². The number of Topliss-reactive ketones (excluding diaryl/α,β-unsaturated/α-hetero) is 1. The second kappa shape index (κ2) is 12.8. The highest BCUT2D eigenvalue weighted by molar-refractivity contribution is 5.92. The molecule has 0 radical (unpaired) electrons. The molecule has 0 aliphatic heterocycles. The van der Waals surface area contributed by atoms with Gasteiger partial charge in [-0.15, -0.1) is 0 Å². The van der Waals surface area contributed by atoms with Crippen LogP contribution in [0.3, 0.4) is 0 Å². The van der Waals surface area contributed by atoms with Crippen molar-refractivity contribution in [3.8, 4) is 0 Å². The molecule has 0 heterocycles. The summed E-state index contributed by atoms with van der Waals surface area (Å²) in [6.45, 7) is 3.27. The van der Waals surface area contributed by atoms with Crippen LogP contribution >= 0.6 is 0 Å². The van der Waals surface area contributed by atoms with Crippen molar-refractivity contribution in [2.75, 3.05) is 33.0 Å². The van der Waals surface area contributed by atoms with E-state index in [0.717, 1.165) is 0 Å². The fraction of sp³-hybridized carbons (Fsp3) is 0.667. The highest BCUT2D eigenvalue weighted by Gasteiger charge is 1.99. The van der Waals surface area contributed by atoms with Crippen LogP contribution in [0.2, 0.25) is 0 Å². The molecule has 19 heavy (non-hydrogen) atoms. The highest BCUT2D eigenvalue weighted by Crippen LogP contribution is 1.93. The van der Waals surface area contributed by atoms with E-state index < -0.39 is 0 Å². The first kappa shape index (κ1) is 17.3. The Morgan fingerprint density at radius 3 is 2.63 bits per heavy atom. The summed E-state index contributed by atoms with van der Waals surface area (Å²) in [5, 5.41) is 3.31. The van der Waals surface area contributed by atoms with Crippen molar-refractivity contribution in [3.05, 3.63) is 22.6 Å². The third-order valence-electron chi connectivity index (χ3n) is 2.01. The second-order valence-electron chi connectivity index (χ2n) is 3.71. The van der Waals surface area contributed by atoms with Gasteiger partial charge in [0.1, 0.15) is 5.78 Å². The van der Waals surface area contributed by atoms with Gasteiger partial charge < -0.3 is 14.3 Å². The minimum atomic E-state index is -0.0792. The average Bonchev–Trinajstić information content (AvgIpc) is 2.38. The summed E-state index contributed by atoms with van der Waals surface area (Å²) in [6.07, 6.45) is 3.56. The number of rotatable bonds is 12. The largest absolute Gasteiger partial charge is 0.379 e. The standard InChI is InChI=1S/C12H19N3O4/c1-11(16)4-5-12(17)3-2-7-18-9-10-19-8-6-14-15-13/h2-3H,4-10H2,1H3/b3-2+. The number of allylic oxidation sites excluding steroid dienone is 1. The molecule has 0 saturated heterocycles. The maximum Gasteiger partial charge on any atom is 0.155 e. The van der Waals surface area contributed by atoms with Gasteiger partial charge in [0.15, 0.2) is 5.78 Å². The Morgan fingerprint density at radius 2 is 1.95 bits per heavy atom. The van der Waals surface area contributed by atoms with Crippen LogP contribution in [0.1, 0.15) is 19.8 Å². The molecule has 0 unspecified atom stereocenters. The maximum absolute atomic E-state index is 11.2. The van der Waals surface area contributed by atoms with E-state index in [1.165, 1.54) is 13.0 Å². The Labute approximate surface area is 112 Å². The Morgan fingerprint density at radius 1 is 1.21 bits per heavy atom. The van der Waals surface area contributed by atoms with E-state index in [-0.39, 0.29) is 24.4 Å². The molecule has 0 amide bonds. The molecule has 0 N–H and O–H groups in total. The molecule has 0 rings (SSSR count). The number of nitrogens with zero attached hydrogens (tertiary/aromatic N) is 3. The van der Waals surface area contributed by atoms with Crippen molar-refractivity contribution in [3.63, 3.8) is 0 Å². The molecule has 0 spiro atoms. The van der Waals surface area contributed by atoms with Gasteiger partial charge in [-0.1, -0.05) is 11.2 Å². The molecule has 7 nitrogen and oxygen atoms in total. The topological polar surface area (TPSA) is 101 Å². The summed E-state index contributed by atoms with van der Waals surface area (Å²) in [5.74, 6) is -0.0692. The average molecular weight is 269 g/mol. The minimum absolute atomic E-state index is 0.0101. The van der Waals surface area contributed by atoms with Crippen molar-refractivity contribution in [2.45, 2.75) is 19.8 Å². The van der Waals surface area contributed by atoms with E-state index in [0.29, 0.717) is 33.0 Å². The third-order valence-corrected chi connectivity index (χ3v) is 2.01. The van der Waals surface area contributed by atoms with Gasteiger partial charge in [0.05, 0.1) is 26.4 Å². The molecule has 0 aliphatic rings. The first-order valence-electron chi connectivity index (χ1n) is 6.02. The number of carbonyl (C=O) groups excluding carboxylic acids is 2. The van der Waals surface area contributed by atoms with Crippen LogP contribution in [0.5, 0.6) is 0 Å². The predicted molar refractivity (Wildman–Crippen MR) is 69.7 cm³/mol. The number of hydrogen-bond donors (Lipinski definition) is 0. The molecule has 0 atom stereocenters. The summed E-state index contributed by atoms with van der Waals surface area (Å²) in [5.41, 5.74) is 8.00. The first-order chi connectivity index (χ1) is 9.16. The van der Waals surface area contributed by atoms with Crippen LogP contribution in [0.25, 0.3) is 10.4 Å². The van der Waals surface area contributed by atoms with Gasteiger partial charge in [0, 0.05) is 24.3 Å². The zero-order chi connectivity index (χ0) is 14.3. The maximum atomic E-state index is 11.2. The molecule has 7 heteroatoms. The molecule has 0 aromatic carbocycles. The molecular weight excluding hydrogens is 250 g/mol. The minimum Gasteiger partial charge on any atom is -0.379 e. The first-order valence-corrected chi connectivity index (χ1v) is 6.02. The van der Waals surface area contributed by atoms with Crippen LogP contribution in [0.15, 0.2) is 17.3 Å². The normalized spacial score (nSPS) is 10.4. The molecule has 0 aromatic heterocycles. The SMILES string of the molecule is CC(=O)CCC(=O)/C=C/COCCOCCN=[N+]=[N-]. The van der Waals surface area contributed by atoms with Gasteiger partial charge in [0.2, 0.25) is 0 Å². The lowest BCUT2D eigenvalue weighted by Crippen LogP contribution is -2.06. The summed E-state index contributed by atoms with van der Waals surface area (Å²) in [7, 11) is 0.